The summed E-state index contributed by atoms with van der Waals surface area (Å²) in [7, 11) is 1.57. The normalized spacial score (nSPS) is 9.79. The topological polar surface area (TPSA) is 70.9 Å². The average Bonchev–Trinajstić information content (AvgIpc) is 2.25. The maximum atomic E-state index is 8.03. The van der Waals surface area contributed by atoms with E-state index in [-0.39, 0.29) is 0 Å². The van der Waals surface area contributed by atoms with Gasteiger partial charge in [-0.1, -0.05) is 17.3 Å². The maximum Gasteiger partial charge on any atom is 0.212 e. The molecular formula is C9H10N4O. The van der Waals surface area contributed by atoms with E-state index >= 15 is 0 Å². The Balaban J connectivity index is 2.59. The lowest BCUT2D eigenvalue weighted by Crippen LogP contribution is -1.86. The van der Waals surface area contributed by atoms with Gasteiger partial charge in [0, 0.05) is 23.7 Å². The Labute approximate surface area is 81.7 Å². The van der Waals surface area contributed by atoms with Gasteiger partial charge in [-0.3, -0.25) is 0 Å². The zero-order valence-electron chi connectivity index (χ0n) is 7.79. The highest BCUT2D eigenvalue weighted by Gasteiger charge is 1.90. The molecule has 0 amide bonds. The number of rotatable bonds is 4. The minimum atomic E-state index is 0.350. The standard InChI is InChI=1S/C9H10N4O/c1-14-9-5-4-8(7-11-9)3-2-6-12-13-10/h2-5,7H,6H2,1H3. The van der Waals surface area contributed by atoms with Crippen LogP contribution in [-0.2, 0) is 0 Å². The van der Waals surface area contributed by atoms with E-state index in [4.69, 9.17) is 10.3 Å². The Kier molecular flexibility index (Phi) is 4.04. The van der Waals surface area contributed by atoms with Crippen LogP contribution in [0.1, 0.15) is 5.56 Å². The molecule has 72 valence electrons. The van der Waals surface area contributed by atoms with Crippen molar-refractivity contribution in [3.63, 3.8) is 0 Å². The van der Waals surface area contributed by atoms with Gasteiger partial charge in [0.25, 0.3) is 0 Å². The second-order valence-electron chi connectivity index (χ2n) is 2.45. The first-order chi connectivity index (χ1) is 6.86. The molecule has 0 aliphatic heterocycles. The van der Waals surface area contributed by atoms with Gasteiger partial charge in [-0.2, -0.15) is 0 Å². The van der Waals surface area contributed by atoms with Crippen molar-refractivity contribution < 1.29 is 4.74 Å². The van der Waals surface area contributed by atoms with Crippen molar-refractivity contribution in [2.75, 3.05) is 13.7 Å². The number of pyridine rings is 1. The van der Waals surface area contributed by atoms with Crippen molar-refractivity contribution in [1.29, 1.82) is 0 Å². The van der Waals surface area contributed by atoms with Crippen LogP contribution in [0.25, 0.3) is 16.5 Å². The summed E-state index contributed by atoms with van der Waals surface area (Å²) in [5.41, 5.74) is 8.97. The molecule has 0 saturated carbocycles. The van der Waals surface area contributed by atoms with Crippen LogP contribution in [0.4, 0.5) is 0 Å². The van der Waals surface area contributed by atoms with Crippen LogP contribution in [0.2, 0.25) is 0 Å². The van der Waals surface area contributed by atoms with E-state index in [9.17, 15) is 0 Å². The van der Waals surface area contributed by atoms with Gasteiger partial charge in [0.05, 0.1) is 7.11 Å². The van der Waals surface area contributed by atoms with Crippen molar-refractivity contribution >= 4 is 6.08 Å². The number of hydrogen-bond donors (Lipinski definition) is 0. The maximum absolute atomic E-state index is 8.03. The van der Waals surface area contributed by atoms with Crippen molar-refractivity contribution in [2.45, 2.75) is 0 Å². The Hall–Kier alpha value is -2.00. The summed E-state index contributed by atoms with van der Waals surface area (Å²) in [5, 5.41) is 3.37. The van der Waals surface area contributed by atoms with E-state index in [2.05, 4.69) is 15.0 Å². The Bertz CT molecular complexity index is 352. The third kappa shape index (κ3) is 3.16. The average molecular weight is 190 g/mol. The number of methoxy groups -OCH3 is 1. The molecule has 0 fully saturated rings. The smallest absolute Gasteiger partial charge is 0.212 e. The third-order valence-electron chi connectivity index (χ3n) is 1.53. The molecule has 0 N–H and O–H groups in total. The fourth-order valence-corrected chi connectivity index (χ4v) is 0.884. The van der Waals surface area contributed by atoms with Crippen LogP contribution >= 0.6 is 0 Å². The number of hydrogen-bond acceptors (Lipinski definition) is 3. The number of aromatic nitrogens is 1. The first kappa shape index (κ1) is 10.1. The van der Waals surface area contributed by atoms with Crippen LogP contribution < -0.4 is 4.74 Å². The van der Waals surface area contributed by atoms with Gasteiger partial charge < -0.3 is 4.74 Å². The zero-order valence-corrected chi connectivity index (χ0v) is 7.79. The molecular weight excluding hydrogens is 180 g/mol. The van der Waals surface area contributed by atoms with Gasteiger partial charge in [0.2, 0.25) is 5.88 Å². The molecule has 0 unspecified atom stereocenters. The third-order valence-corrected chi connectivity index (χ3v) is 1.53. The van der Waals surface area contributed by atoms with Crippen LogP contribution in [0, 0.1) is 0 Å². The van der Waals surface area contributed by atoms with Crippen molar-refractivity contribution in [3.8, 4) is 5.88 Å². The van der Waals surface area contributed by atoms with Crippen molar-refractivity contribution in [2.24, 2.45) is 5.11 Å². The number of ether oxygens (including phenoxy) is 1. The molecule has 0 bridgehead atoms. The number of azide groups is 1. The predicted molar refractivity (Wildman–Crippen MR) is 53.8 cm³/mol. The molecule has 14 heavy (non-hydrogen) atoms. The highest BCUT2D eigenvalue weighted by Crippen LogP contribution is 2.07. The monoisotopic (exact) mass is 190 g/mol. The highest BCUT2D eigenvalue weighted by molar-refractivity contribution is 5.48. The van der Waals surface area contributed by atoms with Gasteiger partial charge in [0.1, 0.15) is 0 Å². The fraction of sp³-hybridized carbons (Fsp3) is 0.222. The fourth-order valence-electron chi connectivity index (χ4n) is 0.884. The summed E-state index contributed by atoms with van der Waals surface area (Å²) in [5.74, 6) is 0.581. The lowest BCUT2D eigenvalue weighted by atomic mass is 10.2. The Morgan fingerprint density at radius 2 is 2.50 bits per heavy atom. The molecule has 1 heterocycles. The molecule has 1 aromatic heterocycles. The molecule has 1 rings (SSSR count). The van der Waals surface area contributed by atoms with Crippen LogP contribution in [0.15, 0.2) is 29.5 Å². The summed E-state index contributed by atoms with van der Waals surface area (Å²) in [6.45, 7) is 0.350. The van der Waals surface area contributed by atoms with E-state index in [1.807, 2.05) is 12.1 Å². The Morgan fingerprint density at radius 3 is 3.07 bits per heavy atom. The SMILES string of the molecule is COc1ccc(C=CCN=[N+]=[N-])cn1. The van der Waals surface area contributed by atoms with Crippen LogP contribution in [-0.4, -0.2) is 18.6 Å². The minimum Gasteiger partial charge on any atom is -0.481 e. The molecule has 0 radical (unpaired) electrons. The minimum absolute atomic E-state index is 0.350. The van der Waals surface area contributed by atoms with E-state index < -0.39 is 0 Å². The van der Waals surface area contributed by atoms with Gasteiger partial charge >= 0.3 is 0 Å². The van der Waals surface area contributed by atoms with Crippen molar-refractivity contribution in [3.05, 3.63) is 40.4 Å². The molecule has 0 spiro atoms. The van der Waals surface area contributed by atoms with Gasteiger partial charge in [0.15, 0.2) is 0 Å². The summed E-state index contributed by atoms with van der Waals surface area (Å²) in [6, 6.07) is 3.64. The number of nitrogens with zero attached hydrogens (tertiary/aromatic N) is 4. The predicted octanol–water partition coefficient (Wildman–Crippen LogP) is 2.41. The first-order valence-electron chi connectivity index (χ1n) is 4.04. The molecule has 0 saturated heterocycles. The first-order valence-corrected chi connectivity index (χ1v) is 4.04. The second-order valence-corrected chi connectivity index (χ2v) is 2.45. The van der Waals surface area contributed by atoms with E-state index in [0.29, 0.717) is 12.4 Å². The largest absolute Gasteiger partial charge is 0.481 e. The molecule has 5 heteroatoms. The van der Waals surface area contributed by atoms with Gasteiger partial charge in [-0.05, 0) is 17.2 Å². The molecule has 0 aromatic carbocycles. The van der Waals surface area contributed by atoms with Gasteiger partial charge in [-0.15, -0.1) is 0 Å². The molecule has 5 nitrogen and oxygen atoms in total. The lowest BCUT2D eigenvalue weighted by molar-refractivity contribution is 0.398. The molecule has 1 aromatic rings. The van der Waals surface area contributed by atoms with E-state index in [1.54, 1.807) is 25.4 Å². The molecule has 0 aliphatic rings. The summed E-state index contributed by atoms with van der Waals surface area (Å²) in [4.78, 5) is 6.65. The zero-order chi connectivity index (χ0) is 10.2. The summed E-state index contributed by atoms with van der Waals surface area (Å²) < 4.78 is 4.91. The molecule has 0 aliphatic carbocycles. The van der Waals surface area contributed by atoms with E-state index in [1.165, 1.54) is 0 Å². The van der Waals surface area contributed by atoms with Crippen LogP contribution in [0.3, 0.4) is 0 Å². The quantitative estimate of drug-likeness (QED) is 0.415. The van der Waals surface area contributed by atoms with Crippen molar-refractivity contribution in [1.82, 2.24) is 4.98 Å². The summed E-state index contributed by atoms with van der Waals surface area (Å²) >= 11 is 0. The summed E-state index contributed by atoms with van der Waals surface area (Å²) in [6.07, 6.45) is 5.29. The lowest BCUT2D eigenvalue weighted by Gasteiger charge is -1.97. The second kappa shape index (κ2) is 5.61. The molecule has 0 atom stereocenters. The Morgan fingerprint density at radius 1 is 1.64 bits per heavy atom. The van der Waals surface area contributed by atoms with Gasteiger partial charge in [-0.25, -0.2) is 4.98 Å². The van der Waals surface area contributed by atoms with Crippen LogP contribution in [0.5, 0.6) is 5.88 Å². The van der Waals surface area contributed by atoms with E-state index in [0.717, 1.165) is 5.56 Å². The highest BCUT2D eigenvalue weighted by atomic mass is 16.5.